The van der Waals surface area contributed by atoms with Crippen molar-refractivity contribution >= 4 is 63.2 Å². The minimum absolute atomic E-state index is 0.0699. The van der Waals surface area contributed by atoms with Gasteiger partial charge in [0.1, 0.15) is 5.25 Å². The lowest BCUT2D eigenvalue weighted by Gasteiger charge is -2.16. The van der Waals surface area contributed by atoms with E-state index in [9.17, 15) is 13.2 Å². The lowest BCUT2D eigenvalue weighted by molar-refractivity contribution is -0.117. The number of amides is 1. The molecule has 1 aromatic rings. The van der Waals surface area contributed by atoms with Gasteiger partial charge in [0.05, 0.1) is 0 Å². The second-order valence-corrected chi connectivity index (χ2v) is 8.52. The van der Waals surface area contributed by atoms with Crippen molar-refractivity contribution in [3.8, 4) is 0 Å². The molecule has 98 valence electrons. The molecule has 0 radical (unpaired) electrons. The summed E-state index contributed by atoms with van der Waals surface area (Å²) < 4.78 is 24.2. The molecule has 1 atom stereocenters. The van der Waals surface area contributed by atoms with E-state index in [0.717, 1.165) is 8.95 Å². The Morgan fingerprint density at radius 1 is 1.28 bits per heavy atom. The van der Waals surface area contributed by atoms with Crippen molar-refractivity contribution in [2.24, 2.45) is 0 Å². The van der Waals surface area contributed by atoms with Gasteiger partial charge in [-0.15, -0.1) is 0 Å². The summed E-state index contributed by atoms with van der Waals surface area (Å²) in [4.78, 5) is 13.2. The quantitative estimate of drug-likeness (QED) is 0.696. The number of carbonyl (C=O) groups is 1. The van der Waals surface area contributed by atoms with E-state index in [-0.39, 0.29) is 18.9 Å². The lowest BCUT2D eigenvalue weighted by atomic mass is 10.3. The molecular weight excluding hydrogens is 409 g/mol. The fourth-order valence-electron chi connectivity index (χ4n) is 1.77. The lowest BCUT2D eigenvalue weighted by Crippen LogP contribution is -2.26. The molecule has 0 spiro atoms. The normalized spacial score (nSPS) is 20.5. The fourth-order valence-corrected chi connectivity index (χ4v) is 3.41. The number of hydrogen-bond acceptors (Lipinski definition) is 3. The Kier molecular flexibility index (Phi) is 4.06. The largest absolute Gasteiger partial charge is 0.311 e. The molecule has 0 bridgehead atoms. The molecule has 1 aromatic carbocycles. The number of carbonyl (C=O) groups excluding carboxylic acids is 1. The highest BCUT2D eigenvalue weighted by molar-refractivity contribution is 9.13. The minimum Gasteiger partial charge on any atom is -0.311 e. The molecule has 1 aliphatic heterocycles. The van der Waals surface area contributed by atoms with E-state index in [1.807, 2.05) is 0 Å². The Balaban J connectivity index is 2.30. The van der Waals surface area contributed by atoms with Crippen LogP contribution >= 0.6 is 42.5 Å². The van der Waals surface area contributed by atoms with Gasteiger partial charge in [0.25, 0.3) is 0 Å². The van der Waals surface area contributed by atoms with Crippen LogP contribution in [0.25, 0.3) is 0 Å². The fraction of sp³-hybridized carbons (Fsp3) is 0.300. The third-order valence-corrected chi connectivity index (χ3v) is 6.45. The molecule has 0 aromatic heterocycles. The molecule has 0 aliphatic carbocycles. The molecule has 1 aliphatic rings. The molecule has 0 saturated carbocycles. The highest BCUT2D eigenvalue weighted by Crippen LogP contribution is 2.31. The molecule has 8 heteroatoms. The zero-order chi connectivity index (χ0) is 13.5. The van der Waals surface area contributed by atoms with Gasteiger partial charge in [-0.3, -0.25) is 4.79 Å². The summed E-state index contributed by atoms with van der Waals surface area (Å²) in [5.41, 5.74) is 0.651. The van der Waals surface area contributed by atoms with Crippen molar-refractivity contribution < 1.29 is 13.2 Å². The second kappa shape index (κ2) is 5.11. The third kappa shape index (κ3) is 2.89. The van der Waals surface area contributed by atoms with Gasteiger partial charge in [0, 0.05) is 38.3 Å². The van der Waals surface area contributed by atoms with E-state index in [2.05, 4.69) is 31.9 Å². The molecule has 1 fully saturated rings. The third-order valence-electron chi connectivity index (χ3n) is 2.70. The summed E-state index contributed by atoms with van der Waals surface area (Å²) in [6.45, 7) is 0.0960. The first-order chi connectivity index (χ1) is 8.29. The van der Waals surface area contributed by atoms with Crippen molar-refractivity contribution in [3.63, 3.8) is 0 Å². The monoisotopic (exact) mass is 415 g/mol. The summed E-state index contributed by atoms with van der Waals surface area (Å²) in [5.74, 6) is -0.238. The second-order valence-electron chi connectivity index (χ2n) is 3.90. The molecule has 1 unspecified atom stereocenters. The first kappa shape index (κ1) is 14.3. The predicted molar refractivity (Wildman–Crippen MR) is 77.4 cm³/mol. The van der Waals surface area contributed by atoms with Crippen LogP contribution in [-0.2, 0) is 13.8 Å². The molecule has 0 N–H and O–H groups in total. The Morgan fingerprint density at radius 3 is 2.44 bits per heavy atom. The highest BCUT2D eigenvalue weighted by atomic mass is 79.9. The van der Waals surface area contributed by atoms with Crippen LogP contribution in [0.3, 0.4) is 0 Å². The average molecular weight is 418 g/mol. The van der Waals surface area contributed by atoms with Crippen molar-refractivity contribution in [2.75, 3.05) is 11.4 Å². The van der Waals surface area contributed by atoms with Crippen molar-refractivity contribution in [1.82, 2.24) is 0 Å². The molecule has 4 nitrogen and oxygen atoms in total. The Labute approximate surface area is 126 Å². The maximum atomic E-state index is 11.8. The number of anilines is 1. The molecule has 1 saturated heterocycles. The average Bonchev–Trinajstić information content (AvgIpc) is 2.64. The van der Waals surface area contributed by atoms with Crippen molar-refractivity contribution in [1.29, 1.82) is 0 Å². The number of hydrogen-bond donors (Lipinski definition) is 0. The van der Waals surface area contributed by atoms with E-state index < -0.39 is 14.3 Å². The SMILES string of the molecule is O=C1CC(S(=O)(=O)Cl)CN1c1ccc(Br)c(Br)c1. The standard InChI is InChI=1S/C10H8Br2ClNO3S/c11-8-2-1-6(3-9(8)12)14-5-7(4-10(14)15)18(13,16)17/h1-3,7H,4-5H2. The smallest absolute Gasteiger partial charge is 0.237 e. The van der Waals surface area contributed by atoms with Crippen LogP contribution in [0.1, 0.15) is 6.42 Å². The van der Waals surface area contributed by atoms with Crippen LogP contribution in [0, 0.1) is 0 Å². The molecule has 2 rings (SSSR count). The Bertz CT molecular complexity index is 605. The van der Waals surface area contributed by atoms with Crippen LogP contribution in [0.15, 0.2) is 27.1 Å². The van der Waals surface area contributed by atoms with Gasteiger partial charge < -0.3 is 4.90 Å². The van der Waals surface area contributed by atoms with Gasteiger partial charge in [-0.25, -0.2) is 8.42 Å². The van der Waals surface area contributed by atoms with E-state index in [1.54, 1.807) is 18.2 Å². The van der Waals surface area contributed by atoms with Gasteiger partial charge in [-0.05, 0) is 50.1 Å². The predicted octanol–water partition coefficient (Wildman–Crippen LogP) is 2.89. The maximum Gasteiger partial charge on any atom is 0.237 e. The number of benzene rings is 1. The van der Waals surface area contributed by atoms with Crippen LogP contribution in [0.4, 0.5) is 5.69 Å². The summed E-state index contributed by atoms with van der Waals surface area (Å²) in [6.07, 6.45) is -0.0699. The Morgan fingerprint density at radius 2 is 1.94 bits per heavy atom. The number of rotatable bonds is 2. The maximum absolute atomic E-state index is 11.8. The zero-order valence-electron chi connectivity index (χ0n) is 8.94. The van der Waals surface area contributed by atoms with Gasteiger partial charge >= 0.3 is 0 Å². The van der Waals surface area contributed by atoms with Crippen LogP contribution in [0.2, 0.25) is 0 Å². The van der Waals surface area contributed by atoms with Crippen LogP contribution < -0.4 is 4.90 Å². The van der Waals surface area contributed by atoms with Crippen LogP contribution in [0.5, 0.6) is 0 Å². The van der Waals surface area contributed by atoms with Crippen LogP contribution in [-0.4, -0.2) is 26.1 Å². The topological polar surface area (TPSA) is 54.5 Å². The van der Waals surface area contributed by atoms with Gasteiger partial charge in [-0.2, -0.15) is 0 Å². The van der Waals surface area contributed by atoms with Crippen molar-refractivity contribution in [2.45, 2.75) is 11.7 Å². The van der Waals surface area contributed by atoms with E-state index in [1.165, 1.54) is 4.90 Å². The first-order valence-corrected chi connectivity index (χ1v) is 8.94. The van der Waals surface area contributed by atoms with Crippen molar-refractivity contribution in [3.05, 3.63) is 27.1 Å². The molecular formula is C10H8Br2ClNO3S. The molecule has 1 amide bonds. The molecule has 18 heavy (non-hydrogen) atoms. The number of nitrogens with zero attached hydrogens (tertiary/aromatic N) is 1. The minimum atomic E-state index is -3.71. The van der Waals surface area contributed by atoms with Gasteiger partial charge in [0.2, 0.25) is 15.0 Å². The molecule has 1 heterocycles. The zero-order valence-corrected chi connectivity index (χ0v) is 13.7. The Hall–Kier alpha value is -0.110. The summed E-state index contributed by atoms with van der Waals surface area (Å²) >= 11 is 6.67. The first-order valence-electron chi connectivity index (χ1n) is 4.98. The van der Waals surface area contributed by atoms with E-state index in [4.69, 9.17) is 10.7 Å². The van der Waals surface area contributed by atoms with Gasteiger partial charge in [0.15, 0.2) is 0 Å². The number of halogens is 3. The summed E-state index contributed by atoms with van der Waals surface area (Å²) in [7, 11) is 1.58. The van der Waals surface area contributed by atoms with E-state index in [0.29, 0.717) is 5.69 Å². The highest BCUT2D eigenvalue weighted by Gasteiger charge is 2.38. The van der Waals surface area contributed by atoms with E-state index >= 15 is 0 Å². The van der Waals surface area contributed by atoms with Gasteiger partial charge in [-0.1, -0.05) is 0 Å². The summed E-state index contributed by atoms with van der Waals surface area (Å²) in [5, 5.41) is -0.839. The summed E-state index contributed by atoms with van der Waals surface area (Å²) in [6, 6.07) is 5.29.